The fourth-order valence-electron chi connectivity index (χ4n) is 2.10. The lowest BCUT2D eigenvalue weighted by atomic mass is 9.90. The summed E-state index contributed by atoms with van der Waals surface area (Å²) in [6.07, 6.45) is 2.87. The first kappa shape index (κ1) is 11.1. The average Bonchev–Trinajstić information content (AvgIpc) is 2.36. The lowest BCUT2D eigenvalue weighted by molar-refractivity contribution is 0.554. The molecule has 0 aliphatic rings. The van der Waals surface area contributed by atoms with Crippen LogP contribution < -0.4 is 5.73 Å². The van der Waals surface area contributed by atoms with Gasteiger partial charge in [0.25, 0.3) is 0 Å². The minimum absolute atomic E-state index is 0.214. The number of nitrogens with zero attached hydrogens (tertiary/aromatic N) is 1. The van der Waals surface area contributed by atoms with Crippen molar-refractivity contribution >= 4 is 10.9 Å². The van der Waals surface area contributed by atoms with Gasteiger partial charge in [0, 0.05) is 17.6 Å². The Labute approximate surface area is 96.5 Å². The average molecular weight is 214 g/mol. The zero-order valence-corrected chi connectivity index (χ0v) is 9.85. The summed E-state index contributed by atoms with van der Waals surface area (Å²) >= 11 is 0. The highest BCUT2D eigenvalue weighted by Gasteiger charge is 2.15. The molecule has 16 heavy (non-hydrogen) atoms. The zero-order valence-electron chi connectivity index (χ0n) is 9.85. The van der Waals surface area contributed by atoms with Gasteiger partial charge < -0.3 is 5.73 Å². The second kappa shape index (κ2) is 4.62. The van der Waals surface area contributed by atoms with E-state index in [1.807, 2.05) is 18.3 Å². The standard InChI is InChI=1S/C14H18N2/c1-3-13(15)10(2)11-8-9-16-14-7-5-4-6-12(11)14/h4-10,13H,3,15H2,1-2H3. The molecule has 0 saturated heterocycles. The van der Waals surface area contributed by atoms with Crippen LogP contribution in [0.2, 0.25) is 0 Å². The number of para-hydroxylation sites is 1. The maximum absolute atomic E-state index is 6.12. The molecule has 0 amide bonds. The van der Waals surface area contributed by atoms with Crippen molar-refractivity contribution < 1.29 is 0 Å². The molecule has 84 valence electrons. The van der Waals surface area contributed by atoms with Gasteiger partial charge >= 0.3 is 0 Å². The van der Waals surface area contributed by atoms with E-state index in [2.05, 4.69) is 37.0 Å². The fraction of sp³-hybridized carbons (Fsp3) is 0.357. The van der Waals surface area contributed by atoms with Crippen LogP contribution in [0.1, 0.15) is 31.7 Å². The molecule has 2 aromatic rings. The molecule has 2 unspecified atom stereocenters. The van der Waals surface area contributed by atoms with Crippen LogP contribution in [0, 0.1) is 0 Å². The highest BCUT2D eigenvalue weighted by molar-refractivity contribution is 5.82. The van der Waals surface area contributed by atoms with Crippen LogP contribution in [0.3, 0.4) is 0 Å². The van der Waals surface area contributed by atoms with Gasteiger partial charge in [-0.1, -0.05) is 32.0 Å². The summed E-state index contributed by atoms with van der Waals surface area (Å²) in [5.41, 5.74) is 8.48. The Morgan fingerprint density at radius 2 is 2.00 bits per heavy atom. The third-order valence-corrected chi connectivity index (χ3v) is 3.29. The van der Waals surface area contributed by atoms with Crippen molar-refractivity contribution in [3.05, 3.63) is 42.1 Å². The molecule has 2 heteroatoms. The normalized spacial score (nSPS) is 14.9. The minimum atomic E-state index is 0.214. The van der Waals surface area contributed by atoms with Gasteiger partial charge in [-0.15, -0.1) is 0 Å². The van der Waals surface area contributed by atoms with E-state index < -0.39 is 0 Å². The second-order valence-corrected chi connectivity index (χ2v) is 4.28. The summed E-state index contributed by atoms with van der Waals surface area (Å²) in [6.45, 7) is 4.32. The maximum atomic E-state index is 6.12. The van der Waals surface area contributed by atoms with Gasteiger partial charge in [-0.2, -0.15) is 0 Å². The van der Waals surface area contributed by atoms with Crippen molar-refractivity contribution in [3.8, 4) is 0 Å². The summed E-state index contributed by atoms with van der Waals surface area (Å²) in [4.78, 5) is 4.37. The van der Waals surface area contributed by atoms with Crippen LogP contribution >= 0.6 is 0 Å². The minimum Gasteiger partial charge on any atom is -0.327 e. The van der Waals surface area contributed by atoms with Gasteiger partial charge in [-0.25, -0.2) is 0 Å². The monoisotopic (exact) mass is 214 g/mol. The van der Waals surface area contributed by atoms with Crippen LogP contribution in [-0.4, -0.2) is 11.0 Å². The lowest BCUT2D eigenvalue weighted by Gasteiger charge is -2.20. The van der Waals surface area contributed by atoms with Crippen molar-refractivity contribution in [1.82, 2.24) is 4.98 Å². The third-order valence-electron chi connectivity index (χ3n) is 3.29. The lowest BCUT2D eigenvalue weighted by Crippen LogP contribution is -2.25. The van der Waals surface area contributed by atoms with Crippen LogP contribution in [-0.2, 0) is 0 Å². The van der Waals surface area contributed by atoms with E-state index in [-0.39, 0.29) is 6.04 Å². The van der Waals surface area contributed by atoms with Crippen molar-refractivity contribution in [3.63, 3.8) is 0 Å². The predicted molar refractivity (Wildman–Crippen MR) is 68.4 cm³/mol. The summed E-state index contributed by atoms with van der Waals surface area (Å²) in [5, 5.41) is 1.22. The molecule has 0 fully saturated rings. The van der Waals surface area contributed by atoms with Gasteiger partial charge in [0.2, 0.25) is 0 Å². The molecule has 0 saturated carbocycles. The quantitative estimate of drug-likeness (QED) is 0.852. The molecular weight excluding hydrogens is 196 g/mol. The number of rotatable bonds is 3. The SMILES string of the molecule is CCC(N)C(C)c1ccnc2ccccc12. The Balaban J connectivity index is 2.52. The van der Waals surface area contributed by atoms with Crippen LogP contribution in [0.5, 0.6) is 0 Å². The van der Waals surface area contributed by atoms with E-state index in [9.17, 15) is 0 Å². The molecule has 1 aromatic carbocycles. The summed E-state index contributed by atoms with van der Waals surface area (Å²) < 4.78 is 0. The van der Waals surface area contributed by atoms with Gasteiger partial charge in [-0.3, -0.25) is 4.98 Å². The van der Waals surface area contributed by atoms with Crippen molar-refractivity contribution in [2.45, 2.75) is 32.2 Å². The maximum Gasteiger partial charge on any atom is 0.0704 e. The highest BCUT2D eigenvalue weighted by atomic mass is 14.7. The first-order chi connectivity index (χ1) is 7.74. The van der Waals surface area contributed by atoms with Crippen LogP contribution in [0.25, 0.3) is 10.9 Å². The molecule has 2 atom stereocenters. The molecule has 0 radical (unpaired) electrons. The van der Waals surface area contributed by atoms with E-state index in [1.165, 1.54) is 10.9 Å². The first-order valence-corrected chi connectivity index (χ1v) is 5.83. The number of aromatic nitrogens is 1. The Morgan fingerprint density at radius 3 is 2.75 bits per heavy atom. The summed E-state index contributed by atoms with van der Waals surface area (Å²) in [7, 11) is 0. The third kappa shape index (κ3) is 1.93. The topological polar surface area (TPSA) is 38.9 Å². The molecule has 0 aliphatic carbocycles. The number of fused-ring (bicyclic) bond motifs is 1. The largest absolute Gasteiger partial charge is 0.327 e. The molecule has 2 rings (SSSR count). The van der Waals surface area contributed by atoms with E-state index >= 15 is 0 Å². The molecule has 2 N–H and O–H groups in total. The van der Waals surface area contributed by atoms with Crippen LogP contribution in [0.4, 0.5) is 0 Å². The Hall–Kier alpha value is -1.41. The van der Waals surface area contributed by atoms with E-state index in [1.54, 1.807) is 0 Å². The number of nitrogens with two attached hydrogens (primary N) is 1. The van der Waals surface area contributed by atoms with Gasteiger partial charge in [0.05, 0.1) is 5.52 Å². The van der Waals surface area contributed by atoms with Crippen molar-refractivity contribution in [2.75, 3.05) is 0 Å². The van der Waals surface area contributed by atoms with E-state index in [0.717, 1.165) is 11.9 Å². The van der Waals surface area contributed by atoms with Crippen molar-refractivity contribution in [1.29, 1.82) is 0 Å². The molecular formula is C14H18N2. The van der Waals surface area contributed by atoms with Gasteiger partial charge in [0.1, 0.15) is 0 Å². The smallest absolute Gasteiger partial charge is 0.0704 e. The van der Waals surface area contributed by atoms with Crippen molar-refractivity contribution in [2.24, 2.45) is 5.73 Å². The molecule has 2 nitrogen and oxygen atoms in total. The summed E-state index contributed by atoms with van der Waals surface area (Å²) in [5.74, 6) is 0.373. The molecule has 0 aliphatic heterocycles. The molecule has 0 spiro atoms. The zero-order chi connectivity index (χ0) is 11.5. The predicted octanol–water partition coefficient (Wildman–Crippen LogP) is 3.08. The van der Waals surface area contributed by atoms with Crippen LogP contribution in [0.15, 0.2) is 36.5 Å². The van der Waals surface area contributed by atoms with E-state index in [0.29, 0.717) is 5.92 Å². The number of pyridine rings is 1. The van der Waals surface area contributed by atoms with E-state index in [4.69, 9.17) is 5.73 Å². The summed E-state index contributed by atoms with van der Waals surface area (Å²) in [6, 6.07) is 10.5. The Bertz CT molecular complexity index is 474. The Kier molecular flexibility index (Phi) is 3.20. The molecule has 0 bridgehead atoms. The second-order valence-electron chi connectivity index (χ2n) is 4.28. The number of benzene rings is 1. The van der Waals surface area contributed by atoms with Gasteiger partial charge in [0.15, 0.2) is 0 Å². The van der Waals surface area contributed by atoms with Gasteiger partial charge in [-0.05, 0) is 30.0 Å². The number of hydrogen-bond donors (Lipinski definition) is 1. The fourth-order valence-corrected chi connectivity index (χ4v) is 2.10. The Morgan fingerprint density at radius 1 is 1.25 bits per heavy atom. The molecule has 1 heterocycles. The first-order valence-electron chi connectivity index (χ1n) is 5.83. The number of hydrogen-bond acceptors (Lipinski definition) is 2. The highest BCUT2D eigenvalue weighted by Crippen LogP contribution is 2.26. The molecule has 1 aromatic heterocycles.